The second-order valence-corrected chi connectivity index (χ2v) is 6.42. The summed E-state index contributed by atoms with van der Waals surface area (Å²) < 4.78 is 3.29. The minimum absolute atomic E-state index is 0.0307. The number of carbonyl (C=O) groups excluding carboxylic acids is 1. The minimum Gasteiger partial charge on any atom is -0.338 e. The Bertz CT molecular complexity index is 766. The van der Waals surface area contributed by atoms with Gasteiger partial charge in [0.2, 0.25) is 0 Å². The van der Waals surface area contributed by atoms with E-state index < -0.39 is 0 Å². The number of rotatable bonds is 6. The third-order valence-corrected chi connectivity index (χ3v) is 4.51. The molecule has 2 heterocycles. The molecule has 25 heavy (non-hydrogen) atoms. The van der Waals surface area contributed by atoms with Crippen LogP contribution < -0.4 is 16.3 Å². The molecule has 0 saturated heterocycles. The van der Waals surface area contributed by atoms with Crippen molar-refractivity contribution >= 4 is 6.03 Å². The topological polar surface area (TPSA) is 81.0 Å². The second-order valence-electron chi connectivity index (χ2n) is 6.42. The van der Waals surface area contributed by atoms with Gasteiger partial charge in [0.15, 0.2) is 0 Å². The zero-order valence-corrected chi connectivity index (χ0v) is 14.6. The van der Waals surface area contributed by atoms with Crippen LogP contribution in [0.4, 0.5) is 4.79 Å². The summed E-state index contributed by atoms with van der Waals surface area (Å²) in [6.45, 7) is 3.74. The molecule has 1 aliphatic heterocycles. The Kier molecular flexibility index (Phi) is 5.53. The molecule has 1 atom stereocenters. The number of benzene rings is 1. The SMILES string of the molecule is C[C@@H](NC(=O)NCCCn1nc2n(c1=O)CCCC2)c1ccccc1. The predicted octanol–water partition coefficient (Wildman–Crippen LogP) is 1.83. The van der Waals surface area contributed by atoms with Crippen molar-refractivity contribution < 1.29 is 4.79 Å². The lowest BCUT2D eigenvalue weighted by Crippen LogP contribution is -2.38. The number of urea groups is 1. The maximum absolute atomic E-state index is 12.2. The molecule has 7 heteroatoms. The first-order valence-electron chi connectivity index (χ1n) is 8.91. The lowest BCUT2D eigenvalue weighted by atomic mass is 10.1. The van der Waals surface area contributed by atoms with Crippen LogP contribution in [0.1, 0.15) is 43.6 Å². The Labute approximate surface area is 147 Å². The lowest BCUT2D eigenvalue weighted by molar-refractivity contribution is 0.237. The second kappa shape index (κ2) is 8.00. The standard InChI is InChI=1S/C18H25N5O2/c1-14(15-8-3-2-4-9-15)20-17(24)19-11-7-13-23-18(25)22-12-6-5-10-16(22)21-23/h2-4,8-9,14H,5-7,10-13H2,1H3,(H2,19,20,24)/t14-/m1/s1. The number of hydrogen-bond donors (Lipinski definition) is 2. The maximum atomic E-state index is 12.2. The van der Waals surface area contributed by atoms with Gasteiger partial charge in [0, 0.05) is 26.1 Å². The fourth-order valence-electron chi connectivity index (χ4n) is 3.10. The molecule has 0 fully saturated rings. The van der Waals surface area contributed by atoms with E-state index in [9.17, 15) is 9.59 Å². The van der Waals surface area contributed by atoms with Crippen molar-refractivity contribution in [2.45, 2.75) is 51.7 Å². The molecule has 0 unspecified atom stereocenters. The summed E-state index contributed by atoms with van der Waals surface area (Å²) in [6.07, 6.45) is 3.68. The summed E-state index contributed by atoms with van der Waals surface area (Å²) in [5.74, 6) is 0.888. The molecule has 1 aliphatic rings. The first-order chi connectivity index (χ1) is 12.1. The third kappa shape index (κ3) is 4.29. The van der Waals surface area contributed by atoms with Crippen molar-refractivity contribution in [2.24, 2.45) is 0 Å². The Balaban J connectivity index is 1.42. The van der Waals surface area contributed by atoms with Crippen molar-refractivity contribution in [2.75, 3.05) is 6.54 Å². The van der Waals surface area contributed by atoms with E-state index >= 15 is 0 Å². The van der Waals surface area contributed by atoms with Gasteiger partial charge in [-0.25, -0.2) is 14.3 Å². The number of nitrogens with one attached hydrogen (secondary N) is 2. The van der Waals surface area contributed by atoms with E-state index in [-0.39, 0.29) is 17.8 Å². The Hall–Kier alpha value is -2.57. The molecule has 2 amide bonds. The van der Waals surface area contributed by atoms with Gasteiger partial charge in [0.25, 0.3) is 0 Å². The molecule has 0 aliphatic carbocycles. The highest BCUT2D eigenvalue weighted by molar-refractivity contribution is 5.74. The normalized spacial score (nSPS) is 14.6. The number of aryl methyl sites for hydroxylation is 2. The average molecular weight is 343 g/mol. The van der Waals surface area contributed by atoms with Crippen LogP contribution >= 0.6 is 0 Å². The van der Waals surface area contributed by atoms with E-state index in [1.807, 2.05) is 37.3 Å². The molecule has 0 saturated carbocycles. The summed E-state index contributed by atoms with van der Waals surface area (Å²) in [7, 11) is 0. The average Bonchev–Trinajstić information content (AvgIpc) is 2.96. The van der Waals surface area contributed by atoms with E-state index in [0.29, 0.717) is 19.5 Å². The number of hydrogen-bond acceptors (Lipinski definition) is 3. The molecule has 3 rings (SSSR count). The van der Waals surface area contributed by atoms with Crippen molar-refractivity contribution in [3.63, 3.8) is 0 Å². The van der Waals surface area contributed by atoms with E-state index in [1.54, 1.807) is 4.57 Å². The molecule has 134 valence electrons. The van der Waals surface area contributed by atoms with E-state index in [1.165, 1.54) is 4.68 Å². The lowest BCUT2D eigenvalue weighted by Gasteiger charge is -2.14. The van der Waals surface area contributed by atoms with Gasteiger partial charge < -0.3 is 10.6 Å². The van der Waals surface area contributed by atoms with Gasteiger partial charge >= 0.3 is 11.7 Å². The predicted molar refractivity (Wildman–Crippen MR) is 95.4 cm³/mol. The molecular weight excluding hydrogens is 318 g/mol. The van der Waals surface area contributed by atoms with E-state index in [2.05, 4.69) is 15.7 Å². The van der Waals surface area contributed by atoms with Crippen LogP contribution in [0.3, 0.4) is 0 Å². The fraction of sp³-hybridized carbons (Fsp3) is 0.500. The van der Waals surface area contributed by atoms with Gasteiger partial charge in [-0.05, 0) is 31.7 Å². The van der Waals surface area contributed by atoms with Crippen LogP contribution in [-0.2, 0) is 19.5 Å². The molecule has 7 nitrogen and oxygen atoms in total. The molecular formula is C18H25N5O2. The zero-order chi connectivity index (χ0) is 17.6. The van der Waals surface area contributed by atoms with Gasteiger partial charge in [0.05, 0.1) is 6.04 Å². The summed E-state index contributed by atoms with van der Waals surface area (Å²) >= 11 is 0. The van der Waals surface area contributed by atoms with Crippen molar-refractivity contribution in [3.05, 3.63) is 52.2 Å². The zero-order valence-electron chi connectivity index (χ0n) is 14.6. The highest BCUT2D eigenvalue weighted by Crippen LogP contribution is 2.11. The first kappa shape index (κ1) is 17.3. The Morgan fingerprint density at radius 3 is 2.84 bits per heavy atom. The third-order valence-electron chi connectivity index (χ3n) is 4.51. The highest BCUT2D eigenvalue weighted by atomic mass is 16.2. The van der Waals surface area contributed by atoms with E-state index in [0.717, 1.165) is 37.2 Å². The molecule has 0 spiro atoms. The quantitative estimate of drug-likeness (QED) is 0.785. The summed E-state index contributed by atoms with van der Waals surface area (Å²) in [5, 5.41) is 10.1. The minimum atomic E-state index is -0.201. The van der Waals surface area contributed by atoms with Crippen LogP contribution in [0, 0.1) is 0 Å². The monoisotopic (exact) mass is 343 g/mol. The van der Waals surface area contributed by atoms with Crippen LogP contribution in [-0.4, -0.2) is 26.9 Å². The van der Waals surface area contributed by atoms with Crippen LogP contribution in [0.2, 0.25) is 0 Å². The Morgan fingerprint density at radius 2 is 2.08 bits per heavy atom. The van der Waals surface area contributed by atoms with Gasteiger partial charge in [-0.1, -0.05) is 30.3 Å². The van der Waals surface area contributed by atoms with Gasteiger partial charge in [-0.15, -0.1) is 0 Å². The van der Waals surface area contributed by atoms with Crippen LogP contribution in [0.25, 0.3) is 0 Å². The molecule has 0 bridgehead atoms. The summed E-state index contributed by atoms with van der Waals surface area (Å²) in [4.78, 5) is 24.2. The van der Waals surface area contributed by atoms with E-state index in [4.69, 9.17) is 0 Å². The van der Waals surface area contributed by atoms with Gasteiger partial charge in [0.1, 0.15) is 5.82 Å². The molecule has 1 aromatic heterocycles. The number of carbonyl (C=O) groups is 1. The smallest absolute Gasteiger partial charge is 0.338 e. The van der Waals surface area contributed by atoms with Crippen molar-refractivity contribution in [1.29, 1.82) is 0 Å². The molecule has 2 aromatic rings. The van der Waals surface area contributed by atoms with Gasteiger partial charge in [-0.2, -0.15) is 5.10 Å². The maximum Gasteiger partial charge on any atom is 0.345 e. The van der Waals surface area contributed by atoms with Crippen LogP contribution in [0.15, 0.2) is 35.1 Å². The number of nitrogens with zero attached hydrogens (tertiary/aromatic N) is 3. The number of aromatic nitrogens is 3. The Morgan fingerprint density at radius 1 is 1.28 bits per heavy atom. The van der Waals surface area contributed by atoms with Crippen molar-refractivity contribution in [3.8, 4) is 0 Å². The van der Waals surface area contributed by atoms with Crippen LogP contribution in [0.5, 0.6) is 0 Å². The summed E-state index contributed by atoms with van der Waals surface area (Å²) in [6, 6.07) is 9.57. The number of amides is 2. The molecule has 0 radical (unpaired) electrons. The number of fused-ring (bicyclic) bond motifs is 1. The molecule has 1 aromatic carbocycles. The largest absolute Gasteiger partial charge is 0.345 e. The molecule has 2 N–H and O–H groups in total. The van der Waals surface area contributed by atoms with Gasteiger partial charge in [-0.3, -0.25) is 4.57 Å². The van der Waals surface area contributed by atoms with Crippen molar-refractivity contribution in [1.82, 2.24) is 25.0 Å². The fourth-order valence-corrected chi connectivity index (χ4v) is 3.10. The highest BCUT2D eigenvalue weighted by Gasteiger charge is 2.16. The summed E-state index contributed by atoms with van der Waals surface area (Å²) in [5.41, 5.74) is 1.03. The first-order valence-corrected chi connectivity index (χ1v) is 8.91.